The molecule has 7 nitrogen and oxygen atoms in total. The molecule has 0 spiro atoms. The maximum atomic E-state index is 11.8. The first-order valence-electron chi connectivity index (χ1n) is 6.41. The number of hydrogen-bond acceptors (Lipinski definition) is 5. The van der Waals surface area contributed by atoms with E-state index in [2.05, 4.69) is 10.4 Å². The van der Waals surface area contributed by atoms with Gasteiger partial charge in [-0.15, -0.1) is 11.8 Å². The molecule has 0 aliphatic rings. The first kappa shape index (κ1) is 16.3. The minimum Gasteiger partial charge on any atom is -0.478 e. The molecule has 2 N–H and O–H groups in total. The Bertz CT molecular complexity index is 806. The Labute approximate surface area is 136 Å². The number of thioether (sulfide) groups is 1. The fourth-order valence-electron chi connectivity index (χ4n) is 1.82. The summed E-state index contributed by atoms with van der Waals surface area (Å²) in [5, 5.41) is 25.2. The van der Waals surface area contributed by atoms with E-state index in [-0.39, 0.29) is 11.4 Å². The molecule has 1 aromatic carbocycles. The Morgan fingerprint density at radius 2 is 2.04 bits per heavy atom. The Balaban J connectivity index is 2.48. The summed E-state index contributed by atoms with van der Waals surface area (Å²) in [5.41, 5.74) is 0.889. The second kappa shape index (κ2) is 7.29. The number of carbonyl (C=O) groups is 2. The highest BCUT2D eigenvalue weighted by Crippen LogP contribution is 2.28. The minimum absolute atomic E-state index is 0.197. The molecule has 1 amide bonds. The number of carboxylic acid groups (broad SMARTS) is 1. The van der Waals surface area contributed by atoms with Gasteiger partial charge in [-0.1, -0.05) is 18.2 Å². The van der Waals surface area contributed by atoms with Crippen molar-refractivity contribution in [3.05, 3.63) is 48.0 Å². The van der Waals surface area contributed by atoms with Crippen LogP contribution in [0.5, 0.6) is 0 Å². The third kappa shape index (κ3) is 3.78. The summed E-state index contributed by atoms with van der Waals surface area (Å²) in [6.45, 7) is 0. The van der Waals surface area contributed by atoms with E-state index >= 15 is 0 Å². The lowest BCUT2D eigenvalue weighted by molar-refractivity contribution is -0.131. The van der Waals surface area contributed by atoms with Crippen LogP contribution in [0.25, 0.3) is 5.69 Å². The number of amides is 1. The third-order valence-electron chi connectivity index (χ3n) is 2.78. The first-order chi connectivity index (χ1) is 11.1. The number of para-hydroxylation sites is 1. The highest BCUT2D eigenvalue weighted by Gasteiger charge is 2.19. The largest absolute Gasteiger partial charge is 0.478 e. The lowest BCUT2D eigenvalue weighted by Gasteiger charge is -2.07. The van der Waals surface area contributed by atoms with Gasteiger partial charge in [0.2, 0.25) is 5.91 Å². The van der Waals surface area contributed by atoms with Gasteiger partial charge in [0.1, 0.15) is 16.7 Å². The average Bonchev–Trinajstić information content (AvgIpc) is 2.91. The maximum Gasteiger partial charge on any atom is 0.328 e. The van der Waals surface area contributed by atoms with Gasteiger partial charge in [-0.05, 0) is 18.4 Å². The van der Waals surface area contributed by atoms with Gasteiger partial charge in [-0.25, -0.2) is 9.48 Å². The molecule has 23 heavy (non-hydrogen) atoms. The molecule has 0 aliphatic carbocycles. The Kier molecular flexibility index (Phi) is 5.17. The normalized spacial score (nSPS) is 10.4. The number of aromatic nitrogens is 2. The first-order valence-corrected chi connectivity index (χ1v) is 7.63. The van der Waals surface area contributed by atoms with Crippen molar-refractivity contribution in [2.75, 3.05) is 11.6 Å². The van der Waals surface area contributed by atoms with Gasteiger partial charge >= 0.3 is 5.97 Å². The molecule has 1 aromatic heterocycles. The summed E-state index contributed by atoms with van der Waals surface area (Å²) in [4.78, 5) is 22.3. The summed E-state index contributed by atoms with van der Waals surface area (Å²) in [6.07, 6.45) is 3.37. The van der Waals surface area contributed by atoms with Gasteiger partial charge in [-0.2, -0.15) is 10.4 Å². The van der Waals surface area contributed by atoms with Crippen LogP contribution in [-0.4, -0.2) is 33.0 Å². The topological polar surface area (TPSA) is 108 Å². The van der Waals surface area contributed by atoms with E-state index in [9.17, 15) is 14.9 Å². The Morgan fingerprint density at radius 1 is 1.35 bits per heavy atom. The number of aliphatic carboxylic acids is 1. The Morgan fingerprint density at radius 3 is 2.61 bits per heavy atom. The quantitative estimate of drug-likeness (QED) is 0.642. The van der Waals surface area contributed by atoms with Gasteiger partial charge in [0, 0.05) is 12.2 Å². The minimum atomic E-state index is -1.23. The number of rotatable bonds is 5. The van der Waals surface area contributed by atoms with E-state index in [1.54, 1.807) is 30.5 Å². The van der Waals surface area contributed by atoms with Crippen molar-refractivity contribution < 1.29 is 14.7 Å². The third-order valence-corrected chi connectivity index (χ3v) is 3.45. The molecule has 0 fully saturated rings. The predicted molar refractivity (Wildman–Crippen MR) is 85.5 cm³/mol. The van der Waals surface area contributed by atoms with Crippen molar-refractivity contribution in [2.24, 2.45) is 0 Å². The maximum absolute atomic E-state index is 11.8. The van der Waals surface area contributed by atoms with E-state index in [4.69, 9.17) is 5.11 Å². The molecular weight excluding hydrogens is 316 g/mol. The summed E-state index contributed by atoms with van der Waals surface area (Å²) < 4.78 is 1.44. The van der Waals surface area contributed by atoms with Crippen LogP contribution in [0.4, 0.5) is 5.82 Å². The molecule has 1 heterocycles. The van der Waals surface area contributed by atoms with E-state index in [0.717, 1.165) is 12.2 Å². The number of carboxylic acids is 1. The van der Waals surface area contributed by atoms with Gasteiger partial charge < -0.3 is 10.4 Å². The van der Waals surface area contributed by atoms with Crippen LogP contribution in [0.15, 0.2) is 47.5 Å². The molecule has 2 rings (SSSR count). The van der Waals surface area contributed by atoms with Crippen LogP contribution in [0.1, 0.15) is 5.56 Å². The number of anilines is 1. The number of nitrogens with one attached hydrogen (secondary N) is 1. The summed E-state index contributed by atoms with van der Waals surface area (Å²) in [5.74, 6) is -1.70. The average molecular weight is 328 g/mol. The van der Waals surface area contributed by atoms with Crippen molar-refractivity contribution in [2.45, 2.75) is 5.03 Å². The van der Waals surface area contributed by atoms with Gasteiger partial charge in [-0.3, -0.25) is 4.79 Å². The summed E-state index contributed by atoms with van der Waals surface area (Å²) in [6, 6.07) is 11.0. The molecule has 0 radical (unpaired) electrons. The standard InChI is InChI=1S/C15H12N4O3S/c1-23-15-11(9-16)14(17-12(20)7-8-13(21)22)19(18-15)10-5-3-2-4-6-10/h2-8H,1H3,(H,17,20)(H,21,22)/b8-7-. The van der Waals surface area contributed by atoms with Gasteiger partial charge in [0.25, 0.3) is 0 Å². The lowest BCUT2D eigenvalue weighted by atomic mass is 10.3. The monoisotopic (exact) mass is 328 g/mol. The molecule has 0 bridgehead atoms. The lowest BCUT2D eigenvalue weighted by Crippen LogP contribution is -2.13. The molecular formula is C15H12N4O3S. The molecule has 0 aliphatic heterocycles. The number of hydrogen-bond donors (Lipinski definition) is 2. The zero-order chi connectivity index (χ0) is 16.8. The fourth-order valence-corrected chi connectivity index (χ4v) is 2.33. The predicted octanol–water partition coefficient (Wildman–Crippen LogP) is 2.05. The molecule has 0 unspecified atom stereocenters. The van der Waals surface area contributed by atoms with Gasteiger partial charge in [0.05, 0.1) is 5.69 Å². The van der Waals surface area contributed by atoms with E-state index < -0.39 is 11.9 Å². The Hall–Kier alpha value is -3.05. The second-order valence-corrected chi connectivity index (χ2v) is 5.05. The van der Waals surface area contributed by atoms with E-state index in [1.807, 2.05) is 12.1 Å². The number of nitrogens with zero attached hydrogens (tertiary/aromatic N) is 3. The molecule has 0 saturated carbocycles. The summed E-state index contributed by atoms with van der Waals surface area (Å²) in [7, 11) is 0. The molecule has 2 aromatic rings. The smallest absolute Gasteiger partial charge is 0.328 e. The van der Waals surface area contributed by atoms with Crippen molar-refractivity contribution in [1.82, 2.24) is 9.78 Å². The van der Waals surface area contributed by atoms with Crippen LogP contribution in [0.2, 0.25) is 0 Å². The SMILES string of the molecule is CSc1nn(-c2ccccc2)c(NC(=O)/C=C\C(=O)O)c1C#N. The number of benzene rings is 1. The van der Waals surface area contributed by atoms with Crippen LogP contribution in [0.3, 0.4) is 0 Å². The van der Waals surface area contributed by atoms with Crippen LogP contribution >= 0.6 is 11.8 Å². The molecule has 116 valence electrons. The van der Waals surface area contributed by atoms with E-state index in [0.29, 0.717) is 10.7 Å². The van der Waals surface area contributed by atoms with Crippen molar-refractivity contribution in [1.29, 1.82) is 5.26 Å². The highest BCUT2D eigenvalue weighted by molar-refractivity contribution is 7.98. The van der Waals surface area contributed by atoms with Crippen LogP contribution in [-0.2, 0) is 9.59 Å². The van der Waals surface area contributed by atoms with Gasteiger partial charge in [0.15, 0.2) is 5.82 Å². The highest BCUT2D eigenvalue weighted by atomic mass is 32.2. The molecule has 0 atom stereocenters. The molecule has 0 saturated heterocycles. The molecule has 8 heteroatoms. The fraction of sp³-hybridized carbons (Fsp3) is 0.0667. The van der Waals surface area contributed by atoms with Crippen molar-refractivity contribution in [3.63, 3.8) is 0 Å². The van der Waals surface area contributed by atoms with Crippen molar-refractivity contribution in [3.8, 4) is 11.8 Å². The van der Waals surface area contributed by atoms with Crippen LogP contribution in [0, 0.1) is 11.3 Å². The second-order valence-electron chi connectivity index (χ2n) is 4.25. The van der Waals surface area contributed by atoms with Crippen molar-refractivity contribution >= 4 is 29.5 Å². The summed E-state index contributed by atoms with van der Waals surface area (Å²) >= 11 is 1.28. The van der Waals surface area contributed by atoms with Crippen LogP contribution < -0.4 is 5.32 Å². The zero-order valence-corrected chi connectivity index (χ0v) is 12.9. The zero-order valence-electron chi connectivity index (χ0n) is 12.1. The number of carbonyl (C=O) groups excluding carboxylic acids is 1. The number of nitriles is 1. The van der Waals surface area contributed by atoms with E-state index in [1.165, 1.54) is 16.4 Å².